The van der Waals surface area contributed by atoms with Crippen LogP contribution in [-0.4, -0.2) is 171 Å². The van der Waals surface area contributed by atoms with Crippen molar-refractivity contribution >= 4 is 65.2 Å². The molecule has 25 heteroatoms. The summed E-state index contributed by atoms with van der Waals surface area (Å²) in [6.45, 7) is 6.81. The summed E-state index contributed by atoms with van der Waals surface area (Å²) in [5, 5.41) is 0.483. The second-order valence-electron chi connectivity index (χ2n) is 17.7. The van der Waals surface area contributed by atoms with Gasteiger partial charge in [0, 0.05) is 74.7 Å². The van der Waals surface area contributed by atoms with Crippen molar-refractivity contribution in [3.8, 4) is 0 Å². The van der Waals surface area contributed by atoms with Crippen LogP contribution in [0.5, 0.6) is 0 Å². The first-order valence-corrected chi connectivity index (χ1v) is 28.2. The minimum Gasteiger partial charge on any atom is -0.385 e. The normalized spacial score (nSPS) is 19.9. The molecular formula is C49H66N3O19S3+. The van der Waals surface area contributed by atoms with Gasteiger partial charge in [-0.25, -0.2) is 4.79 Å². The Bertz CT molecular complexity index is 2810. The predicted octanol–water partition coefficient (Wildman–Crippen LogP) is 4.28. The molecule has 0 aliphatic carbocycles. The number of nitrogens with zero attached hydrogens (tertiary/aromatic N) is 3. The number of methoxy groups -OCH3 is 2. The van der Waals surface area contributed by atoms with Crippen LogP contribution in [0.4, 0.5) is 11.4 Å². The number of carbonyl (C=O) groups excluding carboxylic acids is 3. The second-order valence-corrected chi connectivity index (χ2v) is 22.1. The van der Waals surface area contributed by atoms with E-state index in [1.165, 1.54) is 24.3 Å². The zero-order valence-corrected chi connectivity index (χ0v) is 44.3. The van der Waals surface area contributed by atoms with Gasteiger partial charge < -0.3 is 38.2 Å². The molecule has 3 N–H and O–H groups in total. The molecule has 1 saturated heterocycles. The van der Waals surface area contributed by atoms with Gasteiger partial charge in [0.2, 0.25) is 5.69 Å². The van der Waals surface area contributed by atoms with Gasteiger partial charge >= 0.3 is 5.97 Å². The molecular weight excluding hydrogens is 1030 g/mol. The summed E-state index contributed by atoms with van der Waals surface area (Å²) in [5.41, 5.74) is 2.25. The number of hydrogen-bond acceptors (Lipinski definition) is 17. The van der Waals surface area contributed by atoms with E-state index in [0.29, 0.717) is 72.6 Å². The van der Waals surface area contributed by atoms with E-state index in [4.69, 9.17) is 33.3 Å². The summed E-state index contributed by atoms with van der Waals surface area (Å²) in [7, 11) is -10.3. The Labute approximate surface area is 432 Å². The van der Waals surface area contributed by atoms with E-state index < -0.39 is 64.7 Å². The summed E-state index contributed by atoms with van der Waals surface area (Å²) < 4.78 is 137. The molecule has 408 valence electrons. The molecule has 0 bridgehead atoms. The van der Waals surface area contributed by atoms with Crippen LogP contribution >= 0.6 is 0 Å². The molecule has 3 aliphatic rings. The van der Waals surface area contributed by atoms with E-state index in [9.17, 15) is 53.3 Å². The van der Waals surface area contributed by atoms with Gasteiger partial charge in [0.05, 0.1) is 80.2 Å². The Morgan fingerprint density at radius 3 is 1.88 bits per heavy atom. The Hall–Kier alpha value is -5.03. The summed E-state index contributed by atoms with van der Waals surface area (Å²) in [6, 6.07) is 8.69. The largest absolute Gasteiger partial charge is 0.385 e. The zero-order chi connectivity index (χ0) is 54.2. The van der Waals surface area contributed by atoms with Gasteiger partial charge in [0.1, 0.15) is 6.61 Å². The van der Waals surface area contributed by atoms with Crippen LogP contribution in [0.15, 0.2) is 94.4 Å². The van der Waals surface area contributed by atoms with Crippen LogP contribution < -0.4 is 4.90 Å². The van der Waals surface area contributed by atoms with Gasteiger partial charge in [-0.05, 0) is 75.1 Å². The zero-order valence-electron chi connectivity index (χ0n) is 41.9. The highest BCUT2D eigenvalue weighted by Crippen LogP contribution is 2.51. The number of amides is 2. The Morgan fingerprint density at radius 1 is 0.676 bits per heavy atom. The maximum atomic E-state index is 12.3. The van der Waals surface area contributed by atoms with Crippen molar-refractivity contribution < 1.29 is 91.1 Å². The van der Waals surface area contributed by atoms with Crippen LogP contribution in [0.25, 0.3) is 0 Å². The SMILES string of the molecule is COCCOCC[N+]1=C(/C=C/C=C/C=C/C=C2/N(CCOCCOCCOCCC(=O)ON3C(=O)CCC3=O)c3ccc(S(=O)(=O)O)cc3C2(C)CCOC)C(C)(CCCS(=O)(=O)O)c2cc(S(=O)(=O)O)ccc21. The molecule has 74 heavy (non-hydrogen) atoms. The minimum absolute atomic E-state index is 0.00121. The van der Waals surface area contributed by atoms with Crippen molar-refractivity contribution in [3.05, 3.63) is 95.8 Å². The Balaban J connectivity index is 1.30. The summed E-state index contributed by atoms with van der Waals surface area (Å²) in [5.74, 6) is -2.42. The molecule has 3 aliphatic heterocycles. The number of ether oxygens (including phenoxy) is 6. The molecule has 0 spiro atoms. The standard InChI is InChI=1S/C49H65N3O19S3/c1-48(20-10-34-72(56,57)58)39-35-37(73(59,60)61)13-15-41(39)50(22-26-68-29-28-66-4)43(48)11-8-6-5-7-9-12-44-49(2,21-25-65-3)40-36-38(74(62,63)64)14-16-42(40)51(44)23-27-69-31-33-70-32-30-67-24-19-47(55)71-52-45(53)17-18-46(52)54/h5-9,11-16,35-36H,10,17-34H2,1-4H3,(H2-,56,57,58,59,60,61,62,63,64)/p+1. The maximum absolute atomic E-state index is 12.3. The number of allylic oxidation sites excluding steroid dienone is 8. The van der Waals surface area contributed by atoms with Crippen molar-refractivity contribution in [3.63, 3.8) is 0 Å². The Morgan fingerprint density at radius 2 is 1.24 bits per heavy atom. The highest BCUT2D eigenvalue weighted by Gasteiger charge is 2.48. The summed E-state index contributed by atoms with van der Waals surface area (Å²) in [6.07, 6.45) is 13.2. The van der Waals surface area contributed by atoms with Gasteiger partial charge in [-0.2, -0.15) is 29.8 Å². The fourth-order valence-corrected chi connectivity index (χ4v) is 10.4. The lowest BCUT2D eigenvalue weighted by molar-refractivity contribution is -0.442. The van der Waals surface area contributed by atoms with Gasteiger partial charge in [0.15, 0.2) is 12.3 Å². The quantitative estimate of drug-likeness (QED) is 0.0303. The van der Waals surface area contributed by atoms with E-state index in [-0.39, 0.29) is 88.1 Å². The third kappa shape index (κ3) is 16.2. The molecule has 2 aromatic rings. The lowest BCUT2D eigenvalue weighted by Crippen LogP contribution is -2.32. The monoisotopic (exact) mass is 1100 g/mol. The van der Waals surface area contributed by atoms with E-state index in [1.807, 2.05) is 41.6 Å². The highest BCUT2D eigenvalue weighted by atomic mass is 32.2. The van der Waals surface area contributed by atoms with Crippen LogP contribution in [0, 0.1) is 0 Å². The fraction of sp³-hybridized carbons (Fsp3) is 0.510. The molecule has 2 aromatic carbocycles. The van der Waals surface area contributed by atoms with Crippen LogP contribution in [0.2, 0.25) is 0 Å². The van der Waals surface area contributed by atoms with Crippen LogP contribution in [0.3, 0.4) is 0 Å². The maximum Gasteiger partial charge on any atom is 0.335 e. The number of benzene rings is 2. The van der Waals surface area contributed by atoms with Crippen molar-refractivity contribution in [2.75, 3.05) is 104 Å². The summed E-state index contributed by atoms with van der Waals surface area (Å²) in [4.78, 5) is 41.4. The van der Waals surface area contributed by atoms with E-state index in [0.717, 1.165) is 5.70 Å². The molecule has 5 rings (SSSR count). The number of imide groups is 1. The van der Waals surface area contributed by atoms with Gasteiger partial charge in [0.25, 0.3) is 42.2 Å². The molecule has 2 amide bonds. The number of carbonyl (C=O) groups is 3. The number of fused-ring (bicyclic) bond motifs is 2. The number of hydrogen-bond donors (Lipinski definition) is 3. The topological polar surface area (TPSA) is 288 Å². The third-order valence-corrected chi connectivity index (χ3v) is 15.1. The molecule has 0 aromatic heterocycles. The molecule has 22 nitrogen and oxygen atoms in total. The number of hydroxylamine groups is 2. The smallest absolute Gasteiger partial charge is 0.335 e. The van der Waals surface area contributed by atoms with Gasteiger partial charge in [-0.3, -0.25) is 23.2 Å². The minimum atomic E-state index is -4.60. The summed E-state index contributed by atoms with van der Waals surface area (Å²) >= 11 is 0. The first-order valence-electron chi connectivity index (χ1n) is 23.7. The Kier molecular flexibility index (Phi) is 22.0. The van der Waals surface area contributed by atoms with Crippen LogP contribution in [0.1, 0.15) is 63.5 Å². The van der Waals surface area contributed by atoms with Gasteiger partial charge in [-0.1, -0.05) is 30.4 Å². The lowest BCUT2D eigenvalue weighted by atomic mass is 9.76. The second kappa shape index (κ2) is 27.1. The first-order chi connectivity index (χ1) is 35.0. The van der Waals surface area contributed by atoms with E-state index in [1.54, 1.807) is 50.7 Å². The van der Waals surface area contributed by atoms with Crippen molar-refractivity contribution in [2.45, 2.75) is 73.0 Å². The number of rotatable bonds is 32. The van der Waals surface area contributed by atoms with Gasteiger partial charge in [-0.15, -0.1) is 5.06 Å². The highest BCUT2D eigenvalue weighted by molar-refractivity contribution is 7.86. The molecule has 2 atom stereocenters. The molecule has 2 unspecified atom stereocenters. The number of anilines is 1. The van der Waals surface area contributed by atoms with Crippen molar-refractivity contribution in [1.82, 2.24) is 5.06 Å². The van der Waals surface area contributed by atoms with Crippen molar-refractivity contribution in [2.24, 2.45) is 0 Å². The van der Waals surface area contributed by atoms with Crippen LogP contribution in [-0.2, 0) is 88.8 Å². The fourth-order valence-electron chi connectivity index (χ4n) is 8.85. The van der Waals surface area contributed by atoms with E-state index in [2.05, 4.69) is 0 Å². The molecule has 1 fully saturated rings. The third-order valence-electron chi connectivity index (χ3n) is 12.6. The predicted molar refractivity (Wildman–Crippen MR) is 269 cm³/mol. The lowest BCUT2D eigenvalue weighted by Gasteiger charge is -2.30. The molecule has 0 radical (unpaired) electrons. The van der Waals surface area contributed by atoms with E-state index >= 15 is 0 Å². The molecule has 3 heterocycles. The van der Waals surface area contributed by atoms with Crippen molar-refractivity contribution in [1.29, 1.82) is 0 Å². The average Bonchev–Trinajstić information content (AvgIpc) is 3.86. The first kappa shape index (κ1) is 59.8. The average molecular weight is 1100 g/mol. The molecule has 0 saturated carbocycles.